The SMILES string of the molecule is CCNC(=O)N1CCc2ccc(NC(C)c3cnc(C)nc3C)cc21. The van der Waals surface area contributed by atoms with Crippen molar-refractivity contribution in [3.05, 3.63) is 47.0 Å². The summed E-state index contributed by atoms with van der Waals surface area (Å²) in [4.78, 5) is 22.8. The second-order valence-corrected chi connectivity index (χ2v) is 6.40. The Labute approximate surface area is 148 Å². The van der Waals surface area contributed by atoms with Gasteiger partial charge in [0.05, 0.1) is 11.7 Å². The molecule has 2 N–H and O–H groups in total. The number of anilines is 2. The van der Waals surface area contributed by atoms with E-state index in [9.17, 15) is 4.79 Å². The van der Waals surface area contributed by atoms with Crippen LogP contribution in [-0.2, 0) is 6.42 Å². The lowest BCUT2D eigenvalue weighted by molar-refractivity contribution is 0.247. The van der Waals surface area contributed by atoms with Gasteiger partial charge in [-0.25, -0.2) is 14.8 Å². The van der Waals surface area contributed by atoms with Gasteiger partial charge in [-0.2, -0.15) is 0 Å². The van der Waals surface area contributed by atoms with Crippen LogP contribution in [0.15, 0.2) is 24.4 Å². The first-order valence-electron chi connectivity index (χ1n) is 8.74. The minimum atomic E-state index is -0.0331. The molecule has 1 aromatic carbocycles. The zero-order valence-corrected chi connectivity index (χ0v) is 15.3. The van der Waals surface area contributed by atoms with Crippen molar-refractivity contribution in [2.45, 2.75) is 40.2 Å². The molecular formula is C19H25N5O. The highest BCUT2D eigenvalue weighted by Crippen LogP contribution is 2.32. The highest BCUT2D eigenvalue weighted by atomic mass is 16.2. The molecule has 0 aliphatic carbocycles. The Hall–Kier alpha value is -2.63. The number of hydrogen-bond acceptors (Lipinski definition) is 4. The van der Waals surface area contributed by atoms with Crippen molar-refractivity contribution in [2.75, 3.05) is 23.3 Å². The van der Waals surface area contributed by atoms with E-state index in [0.717, 1.165) is 41.4 Å². The van der Waals surface area contributed by atoms with Crippen LogP contribution in [0.1, 0.15) is 42.5 Å². The Morgan fingerprint density at radius 3 is 2.88 bits per heavy atom. The molecule has 6 nitrogen and oxygen atoms in total. The first-order chi connectivity index (χ1) is 12.0. The highest BCUT2D eigenvalue weighted by molar-refractivity contribution is 5.94. The number of nitrogens with zero attached hydrogens (tertiary/aromatic N) is 3. The van der Waals surface area contributed by atoms with Gasteiger partial charge in [0.25, 0.3) is 0 Å². The van der Waals surface area contributed by atoms with E-state index in [0.29, 0.717) is 6.54 Å². The van der Waals surface area contributed by atoms with Crippen LogP contribution in [0.5, 0.6) is 0 Å². The fourth-order valence-electron chi connectivity index (χ4n) is 3.27. The Bertz CT molecular complexity index is 789. The second-order valence-electron chi connectivity index (χ2n) is 6.40. The van der Waals surface area contributed by atoms with Gasteiger partial charge in [0.1, 0.15) is 5.82 Å². The molecule has 1 aliphatic rings. The number of nitrogens with one attached hydrogen (secondary N) is 2. The third-order valence-electron chi connectivity index (χ3n) is 4.54. The van der Waals surface area contributed by atoms with Crippen LogP contribution in [0.2, 0.25) is 0 Å². The number of rotatable bonds is 4. The van der Waals surface area contributed by atoms with Crippen LogP contribution >= 0.6 is 0 Å². The summed E-state index contributed by atoms with van der Waals surface area (Å²) in [7, 11) is 0. The van der Waals surface area contributed by atoms with Gasteiger partial charge in [0.2, 0.25) is 0 Å². The maximum atomic E-state index is 12.2. The number of benzene rings is 1. The standard InChI is InChI=1S/C19H25N5O/c1-5-20-19(25)24-9-8-15-6-7-16(10-18(15)24)23-13(3)17-11-21-14(4)22-12(17)2/h6-7,10-11,13,23H,5,8-9H2,1-4H3,(H,20,25). The number of carbonyl (C=O) groups excluding carboxylic acids is 1. The molecule has 2 amide bonds. The summed E-state index contributed by atoms with van der Waals surface area (Å²) in [6.07, 6.45) is 2.77. The molecule has 0 saturated carbocycles. The van der Waals surface area contributed by atoms with Crippen molar-refractivity contribution in [2.24, 2.45) is 0 Å². The molecule has 1 aliphatic heterocycles. The maximum absolute atomic E-state index is 12.2. The lowest BCUT2D eigenvalue weighted by Crippen LogP contribution is -2.38. The molecule has 0 spiro atoms. The summed E-state index contributed by atoms with van der Waals surface area (Å²) in [5.41, 5.74) is 5.24. The van der Waals surface area contributed by atoms with Gasteiger partial charge in [-0.3, -0.25) is 4.90 Å². The van der Waals surface area contributed by atoms with Gasteiger partial charge >= 0.3 is 6.03 Å². The second kappa shape index (κ2) is 7.09. The van der Waals surface area contributed by atoms with Crippen molar-refractivity contribution in [1.82, 2.24) is 15.3 Å². The van der Waals surface area contributed by atoms with Gasteiger partial charge in [-0.1, -0.05) is 6.07 Å². The summed E-state index contributed by atoms with van der Waals surface area (Å²) in [6, 6.07) is 6.27. The van der Waals surface area contributed by atoms with E-state index in [-0.39, 0.29) is 12.1 Å². The van der Waals surface area contributed by atoms with Crippen molar-refractivity contribution in [3.8, 4) is 0 Å². The summed E-state index contributed by atoms with van der Waals surface area (Å²) in [5.74, 6) is 0.781. The molecule has 1 atom stereocenters. The topological polar surface area (TPSA) is 70.2 Å². The molecule has 1 unspecified atom stereocenters. The van der Waals surface area contributed by atoms with E-state index < -0.39 is 0 Å². The first kappa shape index (κ1) is 17.2. The van der Waals surface area contributed by atoms with E-state index >= 15 is 0 Å². The summed E-state index contributed by atoms with van der Waals surface area (Å²) in [6.45, 7) is 9.28. The van der Waals surface area contributed by atoms with Crippen LogP contribution in [0.3, 0.4) is 0 Å². The number of carbonyl (C=O) groups is 1. The van der Waals surface area contributed by atoms with Crippen molar-refractivity contribution < 1.29 is 4.79 Å². The van der Waals surface area contributed by atoms with Gasteiger partial charge in [0, 0.05) is 36.2 Å². The molecule has 0 bridgehead atoms. The quantitative estimate of drug-likeness (QED) is 0.896. The largest absolute Gasteiger partial charge is 0.378 e. The Kier molecular flexibility index (Phi) is 4.88. The average molecular weight is 339 g/mol. The lowest BCUT2D eigenvalue weighted by Gasteiger charge is -2.20. The minimum absolute atomic E-state index is 0.0331. The molecule has 1 aromatic heterocycles. The maximum Gasteiger partial charge on any atom is 0.321 e. The molecule has 6 heteroatoms. The van der Waals surface area contributed by atoms with Gasteiger partial charge in [-0.15, -0.1) is 0 Å². The number of amides is 2. The van der Waals surface area contributed by atoms with Crippen molar-refractivity contribution in [3.63, 3.8) is 0 Å². The van der Waals surface area contributed by atoms with E-state index in [1.54, 1.807) is 0 Å². The number of aromatic nitrogens is 2. The van der Waals surface area contributed by atoms with E-state index in [1.807, 2.05) is 31.9 Å². The van der Waals surface area contributed by atoms with Crippen molar-refractivity contribution >= 4 is 17.4 Å². The molecule has 2 heterocycles. The van der Waals surface area contributed by atoms with E-state index in [2.05, 4.69) is 45.7 Å². The Morgan fingerprint density at radius 1 is 1.36 bits per heavy atom. The van der Waals surface area contributed by atoms with Gasteiger partial charge in [-0.05, 0) is 51.8 Å². The number of aryl methyl sites for hydroxylation is 2. The fourth-order valence-corrected chi connectivity index (χ4v) is 3.27. The van der Waals surface area contributed by atoms with Gasteiger partial charge in [0.15, 0.2) is 0 Å². The van der Waals surface area contributed by atoms with Crippen LogP contribution in [0, 0.1) is 13.8 Å². The van der Waals surface area contributed by atoms with Crippen LogP contribution in [0.25, 0.3) is 0 Å². The Balaban J connectivity index is 1.80. The predicted octanol–water partition coefficient (Wildman–Crippen LogP) is 3.36. The fraction of sp³-hybridized carbons (Fsp3) is 0.421. The number of fused-ring (bicyclic) bond motifs is 1. The van der Waals surface area contributed by atoms with Crippen molar-refractivity contribution in [1.29, 1.82) is 0 Å². The highest BCUT2D eigenvalue weighted by Gasteiger charge is 2.24. The minimum Gasteiger partial charge on any atom is -0.378 e. The first-order valence-corrected chi connectivity index (χ1v) is 8.74. The zero-order valence-electron chi connectivity index (χ0n) is 15.3. The van der Waals surface area contributed by atoms with Gasteiger partial charge < -0.3 is 10.6 Å². The number of urea groups is 1. The molecule has 132 valence electrons. The molecule has 0 saturated heterocycles. The molecule has 25 heavy (non-hydrogen) atoms. The van der Waals surface area contributed by atoms with E-state index in [4.69, 9.17) is 0 Å². The summed E-state index contributed by atoms with van der Waals surface area (Å²) in [5, 5.41) is 6.38. The molecule has 3 rings (SSSR count). The Morgan fingerprint density at radius 2 is 2.16 bits per heavy atom. The summed E-state index contributed by atoms with van der Waals surface area (Å²) >= 11 is 0. The summed E-state index contributed by atoms with van der Waals surface area (Å²) < 4.78 is 0. The number of hydrogen-bond donors (Lipinski definition) is 2. The molecule has 0 fully saturated rings. The van der Waals surface area contributed by atoms with Crippen LogP contribution in [-0.4, -0.2) is 29.1 Å². The van der Waals surface area contributed by atoms with Crippen LogP contribution in [0.4, 0.5) is 16.2 Å². The molecule has 2 aromatic rings. The van der Waals surface area contributed by atoms with E-state index in [1.165, 1.54) is 5.56 Å². The monoisotopic (exact) mass is 339 g/mol. The molecular weight excluding hydrogens is 314 g/mol. The third-order valence-corrected chi connectivity index (χ3v) is 4.54. The average Bonchev–Trinajstić information content (AvgIpc) is 2.98. The van der Waals surface area contributed by atoms with Crippen LogP contribution < -0.4 is 15.5 Å². The lowest BCUT2D eigenvalue weighted by atomic mass is 10.1. The smallest absolute Gasteiger partial charge is 0.321 e. The third kappa shape index (κ3) is 3.57. The normalized spacial score (nSPS) is 14.2. The predicted molar refractivity (Wildman–Crippen MR) is 100 cm³/mol. The molecule has 0 radical (unpaired) electrons. The zero-order chi connectivity index (χ0) is 18.0.